The Hall–Kier alpha value is -4.46. The number of carbonyl (C=O) groups excluding carboxylic acids is 1. The van der Waals surface area contributed by atoms with E-state index in [1.807, 2.05) is 41.0 Å². The highest BCUT2D eigenvalue weighted by Gasteiger charge is 2.24. The third kappa shape index (κ3) is 5.27. The Bertz CT molecular complexity index is 1420. The molecule has 0 saturated heterocycles. The lowest BCUT2D eigenvalue weighted by atomic mass is 10.0. The fourth-order valence-corrected chi connectivity index (χ4v) is 4.32. The maximum Gasteiger partial charge on any atom is 0.307 e. The number of carboxylic acids is 1. The highest BCUT2D eigenvalue weighted by atomic mass is 16.6. The summed E-state index contributed by atoms with van der Waals surface area (Å²) < 4.78 is 1.86. The van der Waals surface area contributed by atoms with Gasteiger partial charge in [0.15, 0.2) is 0 Å². The van der Waals surface area contributed by atoms with Gasteiger partial charge in [0.2, 0.25) is 0 Å². The molecule has 0 fully saturated rings. The summed E-state index contributed by atoms with van der Waals surface area (Å²) in [5.41, 5.74) is 4.40. The van der Waals surface area contributed by atoms with Crippen LogP contribution in [0.3, 0.4) is 0 Å². The van der Waals surface area contributed by atoms with Gasteiger partial charge in [0.05, 0.1) is 11.3 Å². The fourth-order valence-electron chi connectivity index (χ4n) is 4.32. The molecular weight excluding hydrogens is 458 g/mol. The minimum absolute atomic E-state index is 0.0302. The molecule has 0 spiro atoms. The third-order valence-electron chi connectivity index (χ3n) is 6.21. The molecule has 0 aliphatic rings. The molecule has 0 atom stereocenters. The number of carboxylic acid groups (broad SMARTS) is 1. The number of nitrogens with one attached hydrogen (secondary N) is 1. The van der Waals surface area contributed by atoms with Crippen molar-refractivity contribution in [3.05, 3.63) is 111 Å². The quantitative estimate of drug-likeness (QED) is 0.247. The minimum Gasteiger partial charge on any atom is -0.481 e. The normalized spacial score (nSPS) is 11.1. The molecule has 0 aliphatic carbocycles. The molecule has 184 valence electrons. The zero-order chi connectivity index (χ0) is 25.8. The largest absolute Gasteiger partial charge is 0.481 e. The highest BCUT2D eigenvalue weighted by Crippen LogP contribution is 2.29. The number of aliphatic carboxylic acids is 1. The molecule has 0 bridgehead atoms. The van der Waals surface area contributed by atoms with Crippen LogP contribution in [0.2, 0.25) is 0 Å². The molecule has 2 N–H and O–H groups in total. The van der Waals surface area contributed by atoms with E-state index in [1.165, 1.54) is 17.7 Å². The smallest absolute Gasteiger partial charge is 0.307 e. The molecule has 1 aromatic heterocycles. The Labute approximate surface area is 208 Å². The van der Waals surface area contributed by atoms with E-state index in [-0.39, 0.29) is 18.7 Å². The number of aromatic nitrogens is 1. The molecule has 4 aromatic rings. The van der Waals surface area contributed by atoms with E-state index in [1.54, 1.807) is 12.1 Å². The molecule has 36 heavy (non-hydrogen) atoms. The van der Waals surface area contributed by atoms with E-state index in [0.29, 0.717) is 29.3 Å². The zero-order valence-corrected chi connectivity index (χ0v) is 20.1. The van der Waals surface area contributed by atoms with Gasteiger partial charge in [0, 0.05) is 41.7 Å². The van der Waals surface area contributed by atoms with Crippen LogP contribution in [-0.2, 0) is 24.3 Å². The van der Waals surface area contributed by atoms with E-state index in [9.17, 15) is 24.8 Å². The van der Waals surface area contributed by atoms with Gasteiger partial charge in [0.1, 0.15) is 5.69 Å². The molecule has 1 amide bonds. The Kier molecular flexibility index (Phi) is 7.15. The SMILES string of the molecule is CC(C)c1ccc(Cn2c(C(=O)NCc3ccc([N+](=O)[O-])cc3)c(CC(=O)O)c3ccccc32)cc1. The average Bonchev–Trinajstić information content (AvgIpc) is 3.15. The topological polar surface area (TPSA) is 114 Å². The first-order valence-corrected chi connectivity index (χ1v) is 11.7. The van der Waals surface area contributed by atoms with Crippen molar-refractivity contribution in [3.63, 3.8) is 0 Å². The molecule has 0 radical (unpaired) electrons. The number of nitrogens with zero attached hydrogens (tertiary/aromatic N) is 2. The average molecular weight is 486 g/mol. The van der Waals surface area contributed by atoms with Crippen LogP contribution in [0.5, 0.6) is 0 Å². The first-order chi connectivity index (χ1) is 17.2. The lowest BCUT2D eigenvalue weighted by Gasteiger charge is -2.14. The number of nitro benzene ring substituents is 1. The predicted molar refractivity (Wildman–Crippen MR) is 137 cm³/mol. The molecular formula is C28H27N3O5. The van der Waals surface area contributed by atoms with Crippen molar-refractivity contribution >= 4 is 28.5 Å². The first kappa shape index (κ1) is 24.7. The summed E-state index contributed by atoms with van der Waals surface area (Å²) in [6, 6.07) is 21.5. The Morgan fingerprint density at radius 1 is 0.972 bits per heavy atom. The van der Waals surface area contributed by atoms with Crippen LogP contribution in [0.25, 0.3) is 10.9 Å². The van der Waals surface area contributed by atoms with Gasteiger partial charge in [-0.2, -0.15) is 0 Å². The second-order valence-electron chi connectivity index (χ2n) is 9.00. The molecule has 4 rings (SSSR count). The minimum atomic E-state index is -1.02. The summed E-state index contributed by atoms with van der Waals surface area (Å²) in [6.45, 7) is 4.80. The molecule has 0 unspecified atom stereocenters. The number of rotatable bonds is 9. The van der Waals surface area contributed by atoms with Gasteiger partial charge in [-0.3, -0.25) is 19.7 Å². The molecule has 8 nitrogen and oxygen atoms in total. The second-order valence-corrected chi connectivity index (χ2v) is 9.00. The fraction of sp³-hybridized carbons (Fsp3) is 0.214. The van der Waals surface area contributed by atoms with Gasteiger partial charge in [-0.05, 0) is 28.7 Å². The summed E-state index contributed by atoms with van der Waals surface area (Å²) in [5.74, 6) is -1.03. The summed E-state index contributed by atoms with van der Waals surface area (Å²) in [5, 5.41) is 24.1. The van der Waals surface area contributed by atoms with E-state index in [2.05, 4.69) is 31.3 Å². The van der Waals surface area contributed by atoms with Crippen LogP contribution in [0.4, 0.5) is 5.69 Å². The molecule has 1 heterocycles. The van der Waals surface area contributed by atoms with Crippen molar-refractivity contribution in [1.82, 2.24) is 9.88 Å². The van der Waals surface area contributed by atoms with Crippen molar-refractivity contribution in [2.45, 2.75) is 39.3 Å². The monoisotopic (exact) mass is 485 g/mol. The highest BCUT2D eigenvalue weighted by molar-refractivity contribution is 6.03. The summed E-state index contributed by atoms with van der Waals surface area (Å²) >= 11 is 0. The second kappa shape index (κ2) is 10.4. The van der Waals surface area contributed by atoms with E-state index in [4.69, 9.17) is 0 Å². The van der Waals surface area contributed by atoms with Crippen molar-refractivity contribution in [3.8, 4) is 0 Å². The third-order valence-corrected chi connectivity index (χ3v) is 6.21. The van der Waals surface area contributed by atoms with Gasteiger partial charge in [0.25, 0.3) is 11.6 Å². The molecule has 0 saturated carbocycles. The Morgan fingerprint density at radius 2 is 1.61 bits per heavy atom. The van der Waals surface area contributed by atoms with Crippen molar-refractivity contribution in [2.75, 3.05) is 0 Å². The summed E-state index contributed by atoms with van der Waals surface area (Å²) in [7, 11) is 0. The van der Waals surface area contributed by atoms with Crippen LogP contribution >= 0.6 is 0 Å². The van der Waals surface area contributed by atoms with Crippen LogP contribution in [-0.4, -0.2) is 26.5 Å². The number of amides is 1. The number of non-ortho nitro benzene ring substituents is 1. The molecule has 3 aromatic carbocycles. The van der Waals surface area contributed by atoms with E-state index >= 15 is 0 Å². The van der Waals surface area contributed by atoms with Crippen LogP contribution in [0.15, 0.2) is 72.8 Å². The lowest BCUT2D eigenvalue weighted by molar-refractivity contribution is -0.384. The number of para-hydroxylation sites is 1. The maximum atomic E-state index is 13.5. The van der Waals surface area contributed by atoms with Crippen LogP contribution in [0, 0.1) is 10.1 Å². The van der Waals surface area contributed by atoms with Gasteiger partial charge in [-0.15, -0.1) is 0 Å². The first-order valence-electron chi connectivity index (χ1n) is 11.7. The van der Waals surface area contributed by atoms with Crippen LogP contribution < -0.4 is 5.32 Å². The van der Waals surface area contributed by atoms with Crippen molar-refractivity contribution in [2.24, 2.45) is 0 Å². The summed E-state index contributed by atoms with van der Waals surface area (Å²) in [6.07, 6.45) is -0.292. The number of benzene rings is 3. The number of hydrogen-bond acceptors (Lipinski definition) is 4. The number of carbonyl (C=O) groups is 2. The number of fused-ring (bicyclic) bond motifs is 1. The van der Waals surface area contributed by atoms with Crippen LogP contribution in [0.1, 0.15) is 52.5 Å². The van der Waals surface area contributed by atoms with Gasteiger partial charge < -0.3 is 15.0 Å². The number of nitro groups is 1. The number of hydrogen-bond donors (Lipinski definition) is 2. The Morgan fingerprint density at radius 3 is 2.22 bits per heavy atom. The summed E-state index contributed by atoms with van der Waals surface area (Å²) in [4.78, 5) is 35.6. The van der Waals surface area contributed by atoms with E-state index < -0.39 is 16.8 Å². The van der Waals surface area contributed by atoms with Crippen molar-refractivity contribution < 1.29 is 19.6 Å². The van der Waals surface area contributed by atoms with Gasteiger partial charge >= 0.3 is 5.97 Å². The Balaban J connectivity index is 1.71. The van der Waals surface area contributed by atoms with Gasteiger partial charge in [-0.25, -0.2) is 0 Å². The van der Waals surface area contributed by atoms with Gasteiger partial charge in [-0.1, -0.05) is 68.4 Å². The molecule has 8 heteroatoms. The maximum absolute atomic E-state index is 13.5. The van der Waals surface area contributed by atoms with Crippen molar-refractivity contribution in [1.29, 1.82) is 0 Å². The standard InChI is InChI=1S/C28H27N3O5/c1-18(2)21-11-7-20(8-12-21)17-30-25-6-4-3-5-23(25)24(15-26(32)33)27(30)28(34)29-16-19-9-13-22(14-10-19)31(35)36/h3-14,18H,15-17H2,1-2H3,(H,29,34)(H,32,33). The van der Waals surface area contributed by atoms with E-state index in [0.717, 1.165) is 16.5 Å². The predicted octanol–water partition coefficient (Wildman–Crippen LogP) is 5.28. The lowest BCUT2D eigenvalue weighted by Crippen LogP contribution is -2.27. The molecule has 0 aliphatic heterocycles. The zero-order valence-electron chi connectivity index (χ0n) is 20.1.